The van der Waals surface area contributed by atoms with Gasteiger partial charge in [0, 0.05) is 44.0 Å². The van der Waals surface area contributed by atoms with Gasteiger partial charge in [-0.05, 0) is 25.2 Å². The Morgan fingerprint density at radius 2 is 1.93 bits per heavy atom. The minimum Gasteiger partial charge on any atom is -0.494 e. The Kier molecular flexibility index (Phi) is 8.90. The molecule has 0 saturated carbocycles. The average molecular weight is 616 g/mol. The highest BCUT2D eigenvalue weighted by Crippen LogP contribution is 2.39. The van der Waals surface area contributed by atoms with Crippen LogP contribution in [0.15, 0.2) is 48.9 Å². The lowest BCUT2D eigenvalue weighted by Gasteiger charge is -2.35. The number of rotatable bonds is 9. The molecule has 1 unspecified atom stereocenters. The van der Waals surface area contributed by atoms with Crippen molar-refractivity contribution in [3.8, 4) is 17.0 Å². The average Bonchev–Trinajstić information content (AvgIpc) is 3.41. The Labute approximate surface area is 250 Å². The maximum absolute atomic E-state index is 13.0. The fraction of sp³-hybridized carbons (Fsp3) is 0.296. The second kappa shape index (κ2) is 12.8. The van der Waals surface area contributed by atoms with E-state index in [2.05, 4.69) is 40.8 Å². The molecule has 3 N–H and O–H groups in total. The lowest BCUT2D eigenvalue weighted by molar-refractivity contribution is -0.125. The van der Waals surface area contributed by atoms with Crippen molar-refractivity contribution in [2.45, 2.75) is 5.63 Å². The smallest absolute Gasteiger partial charge is 0.270 e. The van der Waals surface area contributed by atoms with E-state index in [1.54, 1.807) is 22.8 Å². The highest BCUT2D eigenvalue weighted by molar-refractivity contribution is 6.33. The van der Waals surface area contributed by atoms with Gasteiger partial charge in [-0.15, -0.1) is 0 Å². The van der Waals surface area contributed by atoms with Gasteiger partial charge in [-0.25, -0.2) is 18.9 Å². The monoisotopic (exact) mass is 615 g/mol. The number of halogens is 3. The molecule has 0 bridgehead atoms. The number of amides is 2. The summed E-state index contributed by atoms with van der Waals surface area (Å²) in [4.78, 5) is 37.6. The van der Waals surface area contributed by atoms with Crippen molar-refractivity contribution in [3.05, 3.63) is 53.9 Å². The Bertz CT molecular complexity index is 1610. The number of anilines is 4. The van der Waals surface area contributed by atoms with Crippen molar-refractivity contribution in [3.63, 3.8) is 0 Å². The predicted octanol–water partition coefficient (Wildman–Crippen LogP) is 3.54. The minimum atomic E-state index is -2.25. The molecule has 0 radical (unpaired) electrons. The number of nitrogens with zero attached hydrogens (tertiary/aromatic N) is 6. The van der Waals surface area contributed by atoms with Crippen molar-refractivity contribution in [2.24, 2.45) is 0 Å². The van der Waals surface area contributed by atoms with Crippen molar-refractivity contribution in [2.75, 3.05) is 62.4 Å². The van der Waals surface area contributed by atoms with Crippen LogP contribution in [-0.2, 0) is 9.59 Å². The first-order valence-corrected chi connectivity index (χ1v) is 13.8. The summed E-state index contributed by atoms with van der Waals surface area (Å²) in [6, 6.07) is 9.18. The van der Waals surface area contributed by atoms with Gasteiger partial charge in [0.25, 0.3) is 11.5 Å². The Morgan fingerprint density at radius 3 is 2.67 bits per heavy atom. The van der Waals surface area contributed by atoms with Gasteiger partial charge in [-0.1, -0.05) is 29.3 Å². The maximum atomic E-state index is 13.0. The van der Waals surface area contributed by atoms with Gasteiger partial charge in [0.15, 0.2) is 0 Å². The van der Waals surface area contributed by atoms with E-state index in [1.165, 1.54) is 13.3 Å². The second-order valence-electron chi connectivity index (χ2n) is 9.53. The molecule has 5 rings (SSSR count). The van der Waals surface area contributed by atoms with Crippen LogP contribution in [0.4, 0.5) is 27.4 Å². The van der Waals surface area contributed by atoms with Gasteiger partial charge in [-0.3, -0.25) is 9.59 Å². The number of benzene rings is 1. The third-order valence-corrected chi connectivity index (χ3v) is 7.20. The Morgan fingerprint density at radius 1 is 1.14 bits per heavy atom. The summed E-state index contributed by atoms with van der Waals surface area (Å²) < 4.78 is 20.5. The molecule has 1 aliphatic heterocycles. The molecule has 1 aromatic carbocycles. The van der Waals surface area contributed by atoms with Gasteiger partial charge in [0.1, 0.15) is 5.75 Å². The number of methoxy groups -OCH3 is 1. The van der Waals surface area contributed by atoms with E-state index in [0.717, 1.165) is 29.9 Å². The third kappa shape index (κ3) is 6.48. The van der Waals surface area contributed by atoms with Gasteiger partial charge >= 0.3 is 0 Å². The number of likely N-dealkylation sites (N-methyl/N-ethyl adjacent to an activating group) is 1. The molecule has 3 aromatic heterocycles. The molecule has 1 aliphatic rings. The zero-order chi connectivity index (χ0) is 29.8. The SMILES string of the molecule is COc1cc(N2CCN(C)CC2)c(NC(=O)CNC(=O)C(F)Cl)cc1Nc1ncc(Cl)c(-c2cnn3ccccc23)n1. The molecule has 0 aliphatic carbocycles. The predicted molar refractivity (Wildman–Crippen MR) is 160 cm³/mol. The van der Waals surface area contributed by atoms with Crippen LogP contribution in [0.25, 0.3) is 16.8 Å². The van der Waals surface area contributed by atoms with E-state index < -0.39 is 24.0 Å². The number of nitrogens with one attached hydrogen (secondary N) is 3. The van der Waals surface area contributed by atoms with Crippen LogP contribution in [-0.4, -0.2) is 88.8 Å². The van der Waals surface area contributed by atoms with Crippen LogP contribution in [0.1, 0.15) is 0 Å². The molecule has 4 aromatic rings. The number of ether oxygens (including phenoxy) is 1. The van der Waals surface area contributed by atoms with E-state index in [4.69, 9.17) is 27.9 Å². The molecular weight excluding hydrogens is 588 g/mol. The highest BCUT2D eigenvalue weighted by Gasteiger charge is 2.23. The van der Waals surface area contributed by atoms with Gasteiger partial charge < -0.3 is 30.5 Å². The number of alkyl halides is 2. The first-order valence-electron chi connectivity index (χ1n) is 13.0. The number of hydrogen-bond acceptors (Lipinski definition) is 9. The standard InChI is InChI=1S/C27H28Cl2FN9O3/c1-37-7-9-38(10-8-37)21-12-22(42-2)19(11-18(21)34-23(40)15-31-26(41)25(29)30)35-27-32-14-17(28)24(36-27)16-13-33-39-6-4-3-5-20(16)39/h3-6,11-14,25H,7-10,15H2,1-2H3,(H,31,41)(H,34,40)(H,32,35,36). The first-order chi connectivity index (χ1) is 20.2. The number of piperazine rings is 1. The maximum Gasteiger partial charge on any atom is 0.270 e. The van der Waals surface area contributed by atoms with Gasteiger partial charge in [0.2, 0.25) is 11.9 Å². The van der Waals surface area contributed by atoms with Crippen molar-refractivity contribution in [1.82, 2.24) is 29.8 Å². The first kappa shape index (κ1) is 29.3. The largest absolute Gasteiger partial charge is 0.494 e. The molecule has 1 atom stereocenters. The number of fused-ring (bicyclic) bond motifs is 1. The summed E-state index contributed by atoms with van der Waals surface area (Å²) in [6.45, 7) is 2.61. The summed E-state index contributed by atoms with van der Waals surface area (Å²) in [5, 5.41) is 12.9. The molecule has 4 heterocycles. The summed E-state index contributed by atoms with van der Waals surface area (Å²) >= 11 is 11.6. The zero-order valence-corrected chi connectivity index (χ0v) is 24.3. The van der Waals surface area contributed by atoms with Gasteiger partial charge in [0.05, 0.1) is 59.3 Å². The zero-order valence-electron chi connectivity index (χ0n) is 22.8. The van der Waals surface area contributed by atoms with Crippen molar-refractivity contribution < 1.29 is 18.7 Å². The summed E-state index contributed by atoms with van der Waals surface area (Å²) in [5.74, 6) is -0.944. The van der Waals surface area contributed by atoms with Crippen molar-refractivity contribution in [1.29, 1.82) is 0 Å². The molecule has 12 nitrogen and oxygen atoms in total. The minimum absolute atomic E-state index is 0.232. The molecule has 1 saturated heterocycles. The molecule has 2 amide bonds. The van der Waals surface area contributed by atoms with E-state index in [0.29, 0.717) is 40.9 Å². The van der Waals surface area contributed by atoms with E-state index in [1.807, 2.05) is 31.4 Å². The lowest BCUT2D eigenvalue weighted by Crippen LogP contribution is -2.45. The Hall–Kier alpha value is -4.20. The highest BCUT2D eigenvalue weighted by atomic mass is 35.5. The van der Waals surface area contributed by atoms with Crippen LogP contribution in [0, 0.1) is 0 Å². The van der Waals surface area contributed by atoms with E-state index in [-0.39, 0.29) is 5.95 Å². The third-order valence-electron chi connectivity index (χ3n) is 6.73. The Balaban J connectivity index is 1.47. The second-order valence-corrected chi connectivity index (χ2v) is 10.3. The fourth-order valence-electron chi connectivity index (χ4n) is 4.54. The number of carbonyl (C=O) groups is 2. The molecule has 0 spiro atoms. The molecule has 1 fully saturated rings. The van der Waals surface area contributed by atoms with Gasteiger partial charge in [-0.2, -0.15) is 5.10 Å². The summed E-state index contributed by atoms with van der Waals surface area (Å²) in [6.07, 6.45) is 5.00. The molecule has 15 heteroatoms. The quantitative estimate of drug-likeness (QED) is 0.242. The number of carbonyl (C=O) groups excluding carboxylic acids is 2. The topological polar surface area (TPSA) is 129 Å². The summed E-state index contributed by atoms with van der Waals surface area (Å²) in [5.41, 5.74) is 1.41. The number of aromatic nitrogens is 4. The van der Waals surface area contributed by atoms with Crippen LogP contribution in [0.3, 0.4) is 0 Å². The van der Waals surface area contributed by atoms with E-state index in [9.17, 15) is 14.0 Å². The normalized spacial score (nSPS) is 14.5. The molecular formula is C27H28Cl2FN9O3. The fourth-order valence-corrected chi connectivity index (χ4v) is 4.81. The van der Waals surface area contributed by atoms with Crippen LogP contribution < -0.4 is 25.6 Å². The van der Waals surface area contributed by atoms with Crippen LogP contribution in [0.5, 0.6) is 5.75 Å². The van der Waals surface area contributed by atoms with Crippen LogP contribution in [0.2, 0.25) is 5.02 Å². The lowest BCUT2D eigenvalue weighted by atomic mass is 10.1. The molecule has 42 heavy (non-hydrogen) atoms. The van der Waals surface area contributed by atoms with E-state index >= 15 is 0 Å². The molecule has 220 valence electrons. The number of hydrogen-bond donors (Lipinski definition) is 3. The summed E-state index contributed by atoms with van der Waals surface area (Å²) in [7, 11) is 3.58. The van der Waals surface area contributed by atoms with Crippen LogP contribution >= 0.6 is 23.2 Å². The van der Waals surface area contributed by atoms with Crippen molar-refractivity contribution >= 4 is 63.5 Å². The number of pyridine rings is 1.